The number of aliphatic imine (C=N–C) groups is 1. The molecular weight excluding hydrogens is 208 g/mol. The molecule has 1 aliphatic carbocycles. The molecule has 1 saturated carbocycles. The van der Waals surface area contributed by atoms with Gasteiger partial charge in [-0.15, -0.1) is 0 Å². The van der Waals surface area contributed by atoms with Gasteiger partial charge in [-0.25, -0.2) is 4.99 Å². The van der Waals surface area contributed by atoms with Gasteiger partial charge in [-0.05, 0) is 35.5 Å². The fourth-order valence-corrected chi connectivity index (χ4v) is 1.65. The second-order valence-corrected chi connectivity index (χ2v) is 4.24. The normalized spacial score (nSPS) is 14.5. The third-order valence-corrected chi connectivity index (χ3v) is 2.84. The summed E-state index contributed by atoms with van der Waals surface area (Å²) in [6, 6.07) is 10.3. The van der Waals surface area contributed by atoms with E-state index in [2.05, 4.69) is 42.4 Å². The number of benzene rings is 1. The maximum absolute atomic E-state index is 8.53. The highest BCUT2D eigenvalue weighted by molar-refractivity contribution is 6.09. The van der Waals surface area contributed by atoms with E-state index in [9.17, 15) is 0 Å². The van der Waals surface area contributed by atoms with Gasteiger partial charge in [0.2, 0.25) is 0 Å². The van der Waals surface area contributed by atoms with Gasteiger partial charge >= 0.3 is 0 Å². The van der Waals surface area contributed by atoms with Gasteiger partial charge in [-0.3, -0.25) is 0 Å². The van der Waals surface area contributed by atoms with Gasteiger partial charge < -0.3 is 0 Å². The lowest BCUT2D eigenvalue weighted by atomic mass is 10.0. The minimum atomic E-state index is 0.195. The Bertz CT molecular complexity index is 511. The number of hydrogen-bond acceptors (Lipinski definition) is 2. The number of nitriles is 1. The summed E-state index contributed by atoms with van der Waals surface area (Å²) in [5.74, 6) is 0.768. The molecule has 0 N–H and O–H groups in total. The van der Waals surface area contributed by atoms with Crippen LogP contribution >= 0.6 is 0 Å². The van der Waals surface area contributed by atoms with Crippen LogP contribution < -0.4 is 0 Å². The highest BCUT2D eigenvalue weighted by Crippen LogP contribution is 2.40. The second kappa shape index (κ2) is 4.80. The predicted molar refractivity (Wildman–Crippen MR) is 70.7 cm³/mol. The first-order valence-electron chi connectivity index (χ1n) is 5.63. The molecule has 2 rings (SSSR count). The van der Waals surface area contributed by atoms with E-state index in [1.807, 2.05) is 6.07 Å². The summed E-state index contributed by atoms with van der Waals surface area (Å²) in [4.78, 5) is 3.91. The van der Waals surface area contributed by atoms with Crippen LogP contribution in [0.1, 0.15) is 29.9 Å². The molecule has 0 aliphatic heterocycles. The third kappa shape index (κ3) is 2.92. The summed E-state index contributed by atoms with van der Waals surface area (Å²) in [5, 5.41) is 8.53. The Balaban J connectivity index is 2.06. The van der Waals surface area contributed by atoms with E-state index < -0.39 is 0 Å². The summed E-state index contributed by atoms with van der Waals surface area (Å²) >= 11 is 0. The first kappa shape index (κ1) is 11.3. The van der Waals surface area contributed by atoms with Gasteiger partial charge in [0, 0.05) is 6.21 Å². The van der Waals surface area contributed by atoms with Crippen LogP contribution in [0, 0.1) is 11.3 Å². The lowest BCUT2D eigenvalue weighted by molar-refractivity contribution is 1.13. The van der Waals surface area contributed by atoms with Crippen molar-refractivity contribution in [3.63, 3.8) is 0 Å². The standard InChI is InChI=1S/C15H14N2/c1-11(10-17-12(2)9-16)13-3-5-14(6-4-13)15-7-8-15/h3-6,10,15H,1-2,7-8H2. The molecule has 0 amide bonds. The van der Waals surface area contributed by atoms with Gasteiger partial charge in [0.25, 0.3) is 0 Å². The van der Waals surface area contributed by atoms with Crippen molar-refractivity contribution in [1.29, 1.82) is 5.26 Å². The van der Waals surface area contributed by atoms with E-state index in [4.69, 9.17) is 5.26 Å². The van der Waals surface area contributed by atoms with Crippen molar-refractivity contribution in [1.82, 2.24) is 0 Å². The summed E-state index contributed by atoms with van der Waals surface area (Å²) in [7, 11) is 0. The van der Waals surface area contributed by atoms with Crippen LogP contribution in [0.5, 0.6) is 0 Å². The van der Waals surface area contributed by atoms with Crippen molar-refractivity contribution in [2.45, 2.75) is 18.8 Å². The maximum Gasteiger partial charge on any atom is 0.133 e. The van der Waals surface area contributed by atoms with Crippen LogP contribution in [-0.2, 0) is 0 Å². The maximum atomic E-state index is 8.53. The van der Waals surface area contributed by atoms with Crippen LogP contribution in [0.2, 0.25) is 0 Å². The van der Waals surface area contributed by atoms with Crippen molar-refractivity contribution < 1.29 is 0 Å². The number of nitrogens with zero attached hydrogens (tertiary/aromatic N) is 2. The van der Waals surface area contributed by atoms with Crippen LogP contribution in [0.25, 0.3) is 5.57 Å². The number of allylic oxidation sites excluding steroid dienone is 2. The zero-order valence-corrected chi connectivity index (χ0v) is 9.69. The van der Waals surface area contributed by atoms with Gasteiger partial charge in [-0.1, -0.05) is 37.4 Å². The van der Waals surface area contributed by atoms with Crippen LogP contribution in [0.4, 0.5) is 0 Å². The molecule has 0 atom stereocenters. The Morgan fingerprint density at radius 2 is 1.94 bits per heavy atom. The molecule has 0 aromatic heterocycles. The molecule has 0 spiro atoms. The van der Waals surface area contributed by atoms with Crippen molar-refractivity contribution in [3.05, 3.63) is 54.2 Å². The summed E-state index contributed by atoms with van der Waals surface area (Å²) in [5.41, 5.74) is 3.42. The monoisotopic (exact) mass is 222 g/mol. The Kier molecular flexibility index (Phi) is 3.20. The molecule has 17 heavy (non-hydrogen) atoms. The summed E-state index contributed by atoms with van der Waals surface area (Å²) < 4.78 is 0. The average molecular weight is 222 g/mol. The minimum Gasteiger partial charge on any atom is -0.246 e. The minimum absolute atomic E-state index is 0.195. The molecule has 1 aromatic carbocycles. The second-order valence-electron chi connectivity index (χ2n) is 4.24. The van der Waals surface area contributed by atoms with E-state index >= 15 is 0 Å². The quantitative estimate of drug-likeness (QED) is 0.565. The zero-order valence-electron chi connectivity index (χ0n) is 9.69. The molecule has 2 heteroatoms. The van der Waals surface area contributed by atoms with E-state index in [1.165, 1.54) is 18.4 Å². The summed E-state index contributed by atoms with van der Waals surface area (Å²) in [6.07, 6.45) is 4.20. The number of hydrogen-bond donors (Lipinski definition) is 0. The first-order valence-corrected chi connectivity index (χ1v) is 5.63. The van der Waals surface area contributed by atoms with E-state index in [-0.39, 0.29) is 5.70 Å². The Labute approximate surface area is 102 Å². The predicted octanol–water partition coefficient (Wildman–Crippen LogP) is 3.69. The van der Waals surface area contributed by atoms with Gasteiger partial charge in [-0.2, -0.15) is 5.26 Å². The smallest absolute Gasteiger partial charge is 0.133 e. The molecule has 1 aromatic rings. The Hall–Kier alpha value is -2.14. The molecule has 0 radical (unpaired) electrons. The molecule has 0 saturated heterocycles. The van der Waals surface area contributed by atoms with Gasteiger partial charge in [0.05, 0.1) is 0 Å². The highest BCUT2D eigenvalue weighted by Gasteiger charge is 2.22. The first-order chi connectivity index (χ1) is 8.20. The van der Waals surface area contributed by atoms with Crippen molar-refractivity contribution in [3.8, 4) is 6.07 Å². The van der Waals surface area contributed by atoms with E-state index in [0.29, 0.717) is 0 Å². The SMILES string of the molecule is C=C(C#N)N=CC(=C)c1ccc(C2CC2)cc1. The van der Waals surface area contributed by atoms with Crippen LogP contribution in [0.3, 0.4) is 0 Å². The Morgan fingerprint density at radius 3 is 2.47 bits per heavy atom. The molecule has 0 bridgehead atoms. The molecule has 1 fully saturated rings. The fourth-order valence-electron chi connectivity index (χ4n) is 1.65. The molecule has 1 aliphatic rings. The molecule has 84 valence electrons. The van der Waals surface area contributed by atoms with Gasteiger partial charge in [0.1, 0.15) is 11.8 Å². The fraction of sp³-hybridized carbons (Fsp3) is 0.200. The molecule has 0 unspecified atom stereocenters. The lowest BCUT2D eigenvalue weighted by Crippen LogP contribution is -1.86. The number of rotatable bonds is 4. The lowest BCUT2D eigenvalue weighted by Gasteiger charge is -2.02. The topological polar surface area (TPSA) is 36.1 Å². The van der Waals surface area contributed by atoms with E-state index in [1.54, 1.807) is 6.21 Å². The third-order valence-electron chi connectivity index (χ3n) is 2.84. The molecule has 0 heterocycles. The van der Waals surface area contributed by atoms with Crippen LogP contribution in [0.15, 0.2) is 48.1 Å². The Morgan fingerprint density at radius 1 is 1.29 bits per heavy atom. The highest BCUT2D eigenvalue weighted by atomic mass is 14.7. The zero-order chi connectivity index (χ0) is 12.3. The molecular formula is C15H14N2. The van der Waals surface area contributed by atoms with Crippen molar-refractivity contribution in [2.75, 3.05) is 0 Å². The van der Waals surface area contributed by atoms with Crippen molar-refractivity contribution >= 4 is 11.8 Å². The largest absolute Gasteiger partial charge is 0.246 e. The average Bonchev–Trinajstić information content (AvgIpc) is 3.20. The summed E-state index contributed by atoms with van der Waals surface area (Å²) in [6.45, 7) is 7.41. The van der Waals surface area contributed by atoms with Gasteiger partial charge in [0.15, 0.2) is 0 Å². The van der Waals surface area contributed by atoms with Crippen molar-refractivity contribution in [2.24, 2.45) is 4.99 Å². The van der Waals surface area contributed by atoms with E-state index in [0.717, 1.165) is 17.1 Å². The molecule has 2 nitrogen and oxygen atoms in total. The van der Waals surface area contributed by atoms with Crippen LogP contribution in [-0.4, -0.2) is 6.21 Å².